The van der Waals surface area contributed by atoms with Gasteiger partial charge in [-0.1, -0.05) is 19.9 Å². The van der Waals surface area contributed by atoms with Gasteiger partial charge in [0.2, 0.25) is 0 Å². The fourth-order valence-corrected chi connectivity index (χ4v) is 0.955. The van der Waals surface area contributed by atoms with E-state index in [2.05, 4.69) is 16.7 Å². The molecule has 0 aliphatic heterocycles. The fourth-order valence-electron chi connectivity index (χ4n) is 0.955. The Morgan fingerprint density at radius 2 is 2.31 bits per heavy atom. The van der Waals surface area contributed by atoms with Crippen LogP contribution in [-0.4, -0.2) is 18.5 Å². The van der Waals surface area contributed by atoms with E-state index in [1.807, 2.05) is 13.8 Å². The van der Waals surface area contributed by atoms with E-state index in [0.29, 0.717) is 18.9 Å². The van der Waals surface area contributed by atoms with Crippen LogP contribution in [0, 0.1) is 12.5 Å². The van der Waals surface area contributed by atoms with Crippen LogP contribution in [0.5, 0.6) is 0 Å². The second kappa shape index (κ2) is 6.24. The van der Waals surface area contributed by atoms with Gasteiger partial charge in [-0.15, -0.1) is 6.58 Å². The Balaban J connectivity index is 4.01. The summed E-state index contributed by atoms with van der Waals surface area (Å²) in [4.78, 5) is 14.6. The third-order valence-electron chi connectivity index (χ3n) is 1.57. The number of hydrogen-bond acceptors (Lipinski definition) is 1. The second-order valence-corrected chi connectivity index (χ2v) is 3.31. The Morgan fingerprint density at radius 3 is 2.69 bits per heavy atom. The van der Waals surface area contributed by atoms with Gasteiger partial charge in [-0.2, -0.15) is 0 Å². The summed E-state index contributed by atoms with van der Waals surface area (Å²) in [5.74, 6) is 0.178. The maximum Gasteiger partial charge on any atom is 0.303 e. The largest absolute Gasteiger partial charge is 0.346 e. The smallest absolute Gasteiger partial charge is 0.303 e. The Morgan fingerprint density at radius 1 is 1.69 bits per heavy atom. The molecule has 0 bridgehead atoms. The van der Waals surface area contributed by atoms with E-state index in [4.69, 9.17) is 6.57 Å². The second-order valence-electron chi connectivity index (χ2n) is 3.31. The Bertz CT molecular complexity index is 215. The lowest BCUT2D eigenvalue weighted by Gasteiger charge is -2.07. The van der Waals surface area contributed by atoms with E-state index in [9.17, 15) is 4.79 Å². The van der Waals surface area contributed by atoms with Gasteiger partial charge in [0.1, 0.15) is 0 Å². The third-order valence-corrected chi connectivity index (χ3v) is 1.57. The zero-order chi connectivity index (χ0) is 10.3. The fraction of sp³-hybridized carbons (Fsp3) is 0.600. The minimum atomic E-state index is -0.542. The number of rotatable bonds is 5. The van der Waals surface area contributed by atoms with E-state index < -0.39 is 6.04 Å². The van der Waals surface area contributed by atoms with Gasteiger partial charge in [0, 0.05) is 13.0 Å². The number of carbonyl (C=O) groups excluding carboxylic acids is 1. The number of nitrogens with one attached hydrogen (secondary N) is 1. The highest BCUT2D eigenvalue weighted by Crippen LogP contribution is 2.07. The molecule has 1 N–H and O–H groups in total. The maximum absolute atomic E-state index is 11.3. The first-order chi connectivity index (χ1) is 6.11. The molecule has 0 saturated carbocycles. The molecule has 0 aromatic heterocycles. The molecule has 0 heterocycles. The van der Waals surface area contributed by atoms with E-state index in [0.717, 1.165) is 0 Å². The van der Waals surface area contributed by atoms with Crippen molar-refractivity contribution in [1.82, 2.24) is 5.32 Å². The van der Waals surface area contributed by atoms with Crippen molar-refractivity contribution in [2.75, 3.05) is 6.54 Å². The molecule has 1 unspecified atom stereocenters. The minimum Gasteiger partial charge on any atom is -0.346 e. The Kier molecular flexibility index (Phi) is 5.62. The lowest BCUT2D eigenvalue weighted by atomic mass is 10.0. The number of amides is 1. The standard InChI is InChI=1S/C10H16N2O/c1-5-6-12-10(13)9(11-4)7-8(2)3/h5,8-9H,1,6-7H2,2-3H3,(H,12,13). The molecule has 0 aliphatic rings. The molecule has 0 fully saturated rings. The molecule has 0 spiro atoms. The van der Waals surface area contributed by atoms with Crippen molar-refractivity contribution in [3.05, 3.63) is 24.1 Å². The van der Waals surface area contributed by atoms with E-state index in [1.54, 1.807) is 6.08 Å². The molecule has 3 heteroatoms. The summed E-state index contributed by atoms with van der Waals surface area (Å²) in [6, 6.07) is -0.542. The van der Waals surface area contributed by atoms with Crippen molar-refractivity contribution in [1.29, 1.82) is 0 Å². The monoisotopic (exact) mass is 180 g/mol. The highest BCUT2D eigenvalue weighted by atomic mass is 16.2. The van der Waals surface area contributed by atoms with E-state index in [-0.39, 0.29) is 5.91 Å². The first-order valence-electron chi connectivity index (χ1n) is 4.37. The van der Waals surface area contributed by atoms with E-state index >= 15 is 0 Å². The average molecular weight is 180 g/mol. The van der Waals surface area contributed by atoms with Crippen LogP contribution in [0.4, 0.5) is 0 Å². The van der Waals surface area contributed by atoms with Gasteiger partial charge in [0.15, 0.2) is 0 Å². The first-order valence-corrected chi connectivity index (χ1v) is 4.37. The van der Waals surface area contributed by atoms with Crippen molar-refractivity contribution in [3.8, 4) is 0 Å². The van der Waals surface area contributed by atoms with Gasteiger partial charge in [-0.05, 0) is 5.92 Å². The van der Waals surface area contributed by atoms with Crippen LogP contribution in [0.15, 0.2) is 12.7 Å². The quantitative estimate of drug-likeness (QED) is 0.506. The highest BCUT2D eigenvalue weighted by Gasteiger charge is 2.23. The van der Waals surface area contributed by atoms with Crippen LogP contribution in [0.3, 0.4) is 0 Å². The van der Waals surface area contributed by atoms with Crippen LogP contribution in [-0.2, 0) is 4.79 Å². The lowest BCUT2D eigenvalue weighted by Crippen LogP contribution is -2.33. The van der Waals surface area contributed by atoms with Crippen LogP contribution in [0.25, 0.3) is 4.85 Å². The molecular weight excluding hydrogens is 164 g/mol. The summed E-state index contributed by atoms with van der Waals surface area (Å²) >= 11 is 0. The van der Waals surface area contributed by atoms with Crippen LogP contribution in [0.1, 0.15) is 20.3 Å². The molecule has 0 aromatic rings. The first kappa shape index (κ1) is 11.7. The van der Waals surface area contributed by atoms with Crippen LogP contribution < -0.4 is 5.32 Å². The molecular formula is C10H16N2O. The van der Waals surface area contributed by atoms with Crippen molar-refractivity contribution in [3.63, 3.8) is 0 Å². The average Bonchev–Trinajstić information content (AvgIpc) is 2.09. The van der Waals surface area contributed by atoms with Gasteiger partial charge in [0.25, 0.3) is 0 Å². The maximum atomic E-state index is 11.3. The predicted octanol–water partition coefficient (Wildman–Crippen LogP) is 1.62. The molecule has 1 amide bonds. The molecule has 72 valence electrons. The molecule has 0 radical (unpaired) electrons. The van der Waals surface area contributed by atoms with Gasteiger partial charge in [-0.25, -0.2) is 6.57 Å². The van der Waals surface area contributed by atoms with Crippen molar-refractivity contribution < 1.29 is 4.79 Å². The number of carbonyl (C=O) groups is 1. The summed E-state index contributed by atoms with van der Waals surface area (Å²) in [6.45, 7) is 14.8. The van der Waals surface area contributed by atoms with Gasteiger partial charge < -0.3 is 10.2 Å². The molecule has 0 aromatic carbocycles. The molecule has 0 aliphatic carbocycles. The van der Waals surface area contributed by atoms with Gasteiger partial charge >= 0.3 is 11.9 Å². The highest BCUT2D eigenvalue weighted by molar-refractivity contribution is 5.83. The Hall–Kier alpha value is -1.30. The van der Waals surface area contributed by atoms with Crippen LogP contribution in [0.2, 0.25) is 0 Å². The molecule has 13 heavy (non-hydrogen) atoms. The number of hydrogen-bond donors (Lipinski definition) is 1. The molecule has 1 atom stereocenters. The summed E-state index contributed by atoms with van der Waals surface area (Å²) in [5, 5.41) is 2.62. The normalized spacial score (nSPS) is 11.8. The summed E-state index contributed by atoms with van der Waals surface area (Å²) < 4.78 is 0. The molecule has 0 rings (SSSR count). The summed E-state index contributed by atoms with van der Waals surface area (Å²) in [7, 11) is 0. The zero-order valence-electron chi connectivity index (χ0n) is 8.21. The Labute approximate surface area is 79.6 Å². The third kappa shape index (κ3) is 5.02. The van der Waals surface area contributed by atoms with Gasteiger partial charge in [-0.3, -0.25) is 4.79 Å². The summed E-state index contributed by atoms with van der Waals surface area (Å²) in [5.41, 5.74) is 0. The van der Waals surface area contributed by atoms with Crippen molar-refractivity contribution >= 4 is 5.91 Å². The SMILES string of the molecule is [C-]#[N+]C(CC(C)C)C(=O)NCC=C. The van der Waals surface area contributed by atoms with Crippen LogP contribution >= 0.6 is 0 Å². The molecule has 3 nitrogen and oxygen atoms in total. The predicted molar refractivity (Wildman–Crippen MR) is 53.1 cm³/mol. The summed E-state index contributed by atoms with van der Waals surface area (Å²) in [6.07, 6.45) is 2.22. The number of nitrogens with zero attached hydrogens (tertiary/aromatic N) is 1. The lowest BCUT2D eigenvalue weighted by molar-refractivity contribution is -0.121. The van der Waals surface area contributed by atoms with Gasteiger partial charge in [0.05, 0.1) is 0 Å². The van der Waals surface area contributed by atoms with Crippen molar-refractivity contribution in [2.45, 2.75) is 26.3 Å². The van der Waals surface area contributed by atoms with E-state index in [1.165, 1.54) is 0 Å². The molecule has 0 saturated heterocycles. The zero-order valence-corrected chi connectivity index (χ0v) is 8.21. The minimum absolute atomic E-state index is 0.191. The topological polar surface area (TPSA) is 33.5 Å². The van der Waals surface area contributed by atoms with Crippen molar-refractivity contribution in [2.24, 2.45) is 5.92 Å².